The Kier molecular flexibility index (Phi) is 3.16. The standard InChI is InChI=1S/C13H21N5O/c14-12-16-10(17-18-12)4-7-15-11(19)9-8-13(9)5-2-1-3-6-13/h9H,1-8H2,(H,15,19)(H3,14,16,17,18)/t9-/m1/s1. The summed E-state index contributed by atoms with van der Waals surface area (Å²) in [5.74, 6) is 1.45. The van der Waals surface area contributed by atoms with Crippen molar-refractivity contribution in [2.24, 2.45) is 11.3 Å². The molecule has 0 aromatic carbocycles. The Morgan fingerprint density at radius 2 is 2.21 bits per heavy atom. The van der Waals surface area contributed by atoms with Gasteiger partial charge in [-0.1, -0.05) is 19.3 Å². The smallest absolute Gasteiger partial charge is 0.239 e. The maximum Gasteiger partial charge on any atom is 0.239 e. The number of anilines is 1. The summed E-state index contributed by atoms with van der Waals surface area (Å²) >= 11 is 0. The van der Waals surface area contributed by atoms with Crippen LogP contribution in [0.3, 0.4) is 0 Å². The van der Waals surface area contributed by atoms with Gasteiger partial charge in [-0.2, -0.15) is 4.98 Å². The van der Waals surface area contributed by atoms with Crippen LogP contribution in [0.2, 0.25) is 0 Å². The molecule has 2 saturated carbocycles. The van der Waals surface area contributed by atoms with Crippen molar-refractivity contribution in [2.45, 2.75) is 44.9 Å². The minimum Gasteiger partial charge on any atom is -0.367 e. The zero-order chi connectivity index (χ0) is 13.3. The molecular formula is C13H21N5O. The van der Waals surface area contributed by atoms with Gasteiger partial charge in [-0.05, 0) is 24.7 Å². The van der Waals surface area contributed by atoms with Crippen molar-refractivity contribution in [3.63, 3.8) is 0 Å². The first-order valence-corrected chi connectivity index (χ1v) is 7.14. The summed E-state index contributed by atoms with van der Waals surface area (Å²) < 4.78 is 0. The lowest BCUT2D eigenvalue weighted by Gasteiger charge is -2.22. The van der Waals surface area contributed by atoms with E-state index in [0.29, 0.717) is 18.4 Å². The van der Waals surface area contributed by atoms with Gasteiger partial charge in [0.2, 0.25) is 11.9 Å². The molecule has 2 fully saturated rings. The summed E-state index contributed by atoms with van der Waals surface area (Å²) in [5.41, 5.74) is 5.78. The van der Waals surface area contributed by atoms with Gasteiger partial charge in [0.25, 0.3) is 0 Å². The second kappa shape index (κ2) is 4.83. The number of nitrogen functional groups attached to an aromatic ring is 1. The van der Waals surface area contributed by atoms with Crippen LogP contribution in [0.1, 0.15) is 44.3 Å². The number of carbonyl (C=O) groups excluding carboxylic acids is 1. The lowest BCUT2D eigenvalue weighted by molar-refractivity contribution is -0.123. The molecule has 104 valence electrons. The second-order valence-electron chi connectivity index (χ2n) is 5.86. The van der Waals surface area contributed by atoms with E-state index in [4.69, 9.17) is 5.73 Å². The third-order valence-corrected chi connectivity index (χ3v) is 4.57. The zero-order valence-corrected chi connectivity index (χ0v) is 11.1. The molecule has 0 aliphatic heterocycles. The zero-order valence-electron chi connectivity index (χ0n) is 11.1. The summed E-state index contributed by atoms with van der Waals surface area (Å²) in [7, 11) is 0. The lowest BCUT2D eigenvalue weighted by Crippen LogP contribution is -2.30. The molecule has 0 saturated heterocycles. The fourth-order valence-corrected chi connectivity index (χ4v) is 3.38. The molecule has 6 nitrogen and oxygen atoms in total. The van der Waals surface area contributed by atoms with Crippen LogP contribution < -0.4 is 11.1 Å². The predicted molar refractivity (Wildman–Crippen MR) is 71.1 cm³/mol. The van der Waals surface area contributed by atoms with Crippen LogP contribution in [0.15, 0.2) is 0 Å². The maximum absolute atomic E-state index is 12.1. The Labute approximate surface area is 112 Å². The average Bonchev–Trinajstić information content (AvgIpc) is 2.93. The van der Waals surface area contributed by atoms with E-state index in [0.717, 1.165) is 12.2 Å². The minimum absolute atomic E-state index is 0.217. The lowest BCUT2D eigenvalue weighted by atomic mass is 9.84. The molecule has 4 N–H and O–H groups in total. The largest absolute Gasteiger partial charge is 0.367 e. The van der Waals surface area contributed by atoms with E-state index in [1.54, 1.807) is 0 Å². The molecule has 1 aromatic rings. The van der Waals surface area contributed by atoms with Crippen LogP contribution >= 0.6 is 0 Å². The SMILES string of the molecule is Nc1n[nH]c(CCNC(=O)[C@H]2CC23CCCCC3)n1. The van der Waals surface area contributed by atoms with Gasteiger partial charge in [-0.15, -0.1) is 5.10 Å². The number of aromatic nitrogens is 3. The number of H-pyrrole nitrogens is 1. The molecule has 19 heavy (non-hydrogen) atoms. The maximum atomic E-state index is 12.1. The molecule has 0 bridgehead atoms. The first-order chi connectivity index (χ1) is 9.20. The van der Waals surface area contributed by atoms with Crippen molar-refractivity contribution >= 4 is 11.9 Å². The number of amides is 1. The summed E-state index contributed by atoms with van der Waals surface area (Å²) in [6.07, 6.45) is 8.14. The van der Waals surface area contributed by atoms with Gasteiger partial charge in [-0.25, -0.2) is 0 Å². The van der Waals surface area contributed by atoms with Crippen LogP contribution in [-0.2, 0) is 11.2 Å². The third kappa shape index (κ3) is 2.57. The van der Waals surface area contributed by atoms with Gasteiger partial charge in [0.05, 0.1) is 0 Å². The fourth-order valence-electron chi connectivity index (χ4n) is 3.38. The number of hydrogen-bond donors (Lipinski definition) is 3. The number of aromatic amines is 1. The molecule has 0 radical (unpaired) electrons. The van der Waals surface area contributed by atoms with Crippen LogP contribution in [0.4, 0.5) is 5.95 Å². The molecule has 3 rings (SSSR count). The van der Waals surface area contributed by atoms with Crippen molar-refractivity contribution in [1.82, 2.24) is 20.5 Å². The van der Waals surface area contributed by atoms with E-state index in [1.807, 2.05) is 0 Å². The molecule has 6 heteroatoms. The summed E-state index contributed by atoms with van der Waals surface area (Å²) in [5, 5.41) is 9.51. The molecule has 1 atom stereocenters. The Balaban J connectivity index is 1.43. The highest BCUT2D eigenvalue weighted by atomic mass is 16.2. The highest BCUT2D eigenvalue weighted by Crippen LogP contribution is 2.61. The molecule has 0 unspecified atom stereocenters. The summed E-state index contributed by atoms with van der Waals surface area (Å²) in [6, 6.07) is 0. The van der Waals surface area contributed by atoms with Gasteiger partial charge in [0.1, 0.15) is 5.82 Å². The molecule has 2 aliphatic rings. The van der Waals surface area contributed by atoms with Gasteiger partial charge in [0, 0.05) is 18.9 Å². The highest BCUT2D eigenvalue weighted by Gasteiger charge is 2.57. The van der Waals surface area contributed by atoms with Gasteiger partial charge in [-0.3, -0.25) is 9.89 Å². The molecular weight excluding hydrogens is 242 g/mol. The third-order valence-electron chi connectivity index (χ3n) is 4.57. The van der Waals surface area contributed by atoms with E-state index in [9.17, 15) is 4.79 Å². The first kappa shape index (κ1) is 12.4. The number of nitrogens with zero attached hydrogens (tertiary/aromatic N) is 2. The van der Waals surface area contributed by atoms with E-state index in [2.05, 4.69) is 20.5 Å². The number of nitrogens with two attached hydrogens (primary N) is 1. The Morgan fingerprint density at radius 3 is 2.89 bits per heavy atom. The van der Waals surface area contributed by atoms with Crippen LogP contribution in [0.5, 0.6) is 0 Å². The van der Waals surface area contributed by atoms with Crippen LogP contribution in [0.25, 0.3) is 0 Å². The molecule has 1 spiro atoms. The second-order valence-corrected chi connectivity index (χ2v) is 5.86. The van der Waals surface area contributed by atoms with Crippen molar-refractivity contribution < 1.29 is 4.79 Å². The molecule has 1 aromatic heterocycles. The predicted octanol–water partition coefficient (Wildman–Crippen LogP) is 1.02. The van der Waals surface area contributed by atoms with Crippen molar-refractivity contribution in [2.75, 3.05) is 12.3 Å². The number of hydrogen-bond acceptors (Lipinski definition) is 4. The molecule has 1 heterocycles. The first-order valence-electron chi connectivity index (χ1n) is 7.14. The summed E-state index contributed by atoms with van der Waals surface area (Å²) in [4.78, 5) is 16.1. The number of carbonyl (C=O) groups is 1. The van der Waals surface area contributed by atoms with E-state index in [1.165, 1.54) is 32.1 Å². The number of nitrogens with one attached hydrogen (secondary N) is 2. The minimum atomic E-state index is 0.217. The fraction of sp³-hybridized carbons (Fsp3) is 0.769. The Hall–Kier alpha value is -1.59. The van der Waals surface area contributed by atoms with Gasteiger partial charge >= 0.3 is 0 Å². The average molecular weight is 263 g/mol. The van der Waals surface area contributed by atoms with Crippen molar-refractivity contribution in [1.29, 1.82) is 0 Å². The topological polar surface area (TPSA) is 96.7 Å². The Bertz CT molecular complexity index is 463. The van der Waals surface area contributed by atoms with E-state index in [-0.39, 0.29) is 17.8 Å². The molecule has 2 aliphatic carbocycles. The van der Waals surface area contributed by atoms with E-state index >= 15 is 0 Å². The quantitative estimate of drug-likeness (QED) is 0.755. The Morgan fingerprint density at radius 1 is 1.42 bits per heavy atom. The monoisotopic (exact) mass is 263 g/mol. The molecule has 1 amide bonds. The van der Waals surface area contributed by atoms with Crippen LogP contribution in [0, 0.1) is 11.3 Å². The van der Waals surface area contributed by atoms with Crippen molar-refractivity contribution in [3.05, 3.63) is 5.82 Å². The van der Waals surface area contributed by atoms with Gasteiger partial charge in [0.15, 0.2) is 0 Å². The van der Waals surface area contributed by atoms with E-state index < -0.39 is 0 Å². The van der Waals surface area contributed by atoms with Crippen LogP contribution in [-0.4, -0.2) is 27.6 Å². The normalized spacial score (nSPS) is 24.3. The van der Waals surface area contributed by atoms with Gasteiger partial charge < -0.3 is 11.1 Å². The highest BCUT2D eigenvalue weighted by molar-refractivity contribution is 5.82. The summed E-state index contributed by atoms with van der Waals surface area (Å²) in [6.45, 7) is 0.597. The number of rotatable bonds is 4. The van der Waals surface area contributed by atoms with Crippen molar-refractivity contribution in [3.8, 4) is 0 Å².